The molecule has 0 aliphatic rings. The van der Waals surface area contributed by atoms with Crippen LogP contribution in [-0.2, 0) is 12.8 Å². The molecule has 0 atom stereocenters. The van der Waals surface area contributed by atoms with Crippen LogP contribution >= 0.6 is 27.3 Å². The van der Waals surface area contributed by atoms with E-state index in [0.29, 0.717) is 16.7 Å². The topological polar surface area (TPSA) is 58.6 Å². The van der Waals surface area contributed by atoms with Crippen molar-refractivity contribution in [2.75, 3.05) is 0 Å². The lowest BCUT2D eigenvalue weighted by Gasteiger charge is -2.03. The van der Waals surface area contributed by atoms with E-state index >= 15 is 0 Å². The second kappa shape index (κ2) is 5.10. The molecule has 0 spiro atoms. The van der Waals surface area contributed by atoms with E-state index in [2.05, 4.69) is 30.9 Å². The number of thiazole rings is 1. The van der Waals surface area contributed by atoms with Gasteiger partial charge in [-0.25, -0.2) is 9.97 Å². The highest BCUT2D eigenvalue weighted by molar-refractivity contribution is 9.10. The second-order valence-corrected chi connectivity index (χ2v) is 5.52. The molecule has 4 nitrogen and oxygen atoms in total. The molecule has 2 rings (SSSR count). The smallest absolute Gasteiger partial charge is 0.265 e. The first kappa shape index (κ1) is 12.4. The number of nitrogens with zero attached hydrogens (tertiary/aromatic N) is 2. The van der Waals surface area contributed by atoms with Crippen molar-refractivity contribution in [3.05, 3.63) is 42.4 Å². The molecule has 2 heterocycles. The van der Waals surface area contributed by atoms with Crippen molar-refractivity contribution in [2.45, 2.75) is 26.7 Å². The highest BCUT2D eigenvalue weighted by Gasteiger charge is 2.09. The molecule has 90 valence electrons. The van der Waals surface area contributed by atoms with Gasteiger partial charge in [-0.1, -0.05) is 6.92 Å². The summed E-state index contributed by atoms with van der Waals surface area (Å²) in [6.07, 6.45) is 1.30. The van der Waals surface area contributed by atoms with Crippen LogP contribution in [0.3, 0.4) is 0 Å². The summed E-state index contributed by atoms with van der Waals surface area (Å²) in [6.45, 7) is 3.94. The number of aryl methyl sites for hydroxylation is 2. The summed E-state index contributed by atoms with van der Waals surface area (Å²) in [5, 5.41) is 3.01. The van der Waals surface area contributed by atoms with Crippen molar-refractivity contribution in [1.29, 1.82) is 0 Å². The molecular weight excluding hydrogens is 302 g/mol. The van der Waals surface area contributed by atoms with Gasteiger partial charge in [0, 0.05) is 11.8 Å². The first-order valence-corrected chi connectivity index (χ1v) is 6.96. The van der Waals surface area contributed by atoms with Crippen LogP contribution < -0.4 is 5.56 Å². The van der Waals surface area contributed by atoms with Gasteiger partial charge in [0.15, 0.2) is 0 Å². The van der Waals surface area contributed by atoms with E-state index in [0.717, 1.165) is 22.8 Å². The predicted octanol–water partition coefficient (Wildman–Crippen LogP) is 2.45. The fraction of sp³-hybridized carbons (Fsp3) is 0.364. The Labute approximate surface area is 111 Å². The fourth-order valence-corrected chi connectivity index (χ4v) is 2.62. The average Bonchev–Trinajstić information content (AvgIpc) is 2.69. The third kappa shape index (κ3) is 2.81. The van der Waals surface area contributed by atoms with Gasteiger partial charge in [-0.3, -0.25) is 4.79 Å². The molecule has 2 aromatic rings. The molecule has 2 aromatic heterocycles. The number of hydrogen-bond donors (Lipinski definition) is 1. The Morgan fingerprint density at radius 2 is 2.24 bits per heavy atom. The highest BCUT2D eigenvalue weighted by atomic mass is 79.9. The lowest BCUT2D eigenvalue weighted by Crippen LogP contribution is -2.15. The lowest BCUT2D eigenvalue weighted by atomic mass is 10.3. The molecule has 0 amide bonds. The molecular formula is C11H12BrN3OS. The largest absolute Gasteiger partial charge is 0.309 e. The Bertz CT molecular complexity index is 591. The molecule has 0 saturated heterocycles. The van der Waals surface area contributed by atoms with Gasteiger partial charge in [0.2, 0.25) is 0 Å². The summed E-state index contributed by atoms with van der Waals surface area (Å²) in [5.41, 5.74) is 1.61. The first-order valence-electron chi connectivity index (χ1n) is 5.28. The molecule has 0 fully saturated rings. The molecule has 17 heavy (non-hydrogen) atoms. The summed E-state index contributed by atoms with van der Waals surface area (Å²) >= 11 is 4.85. The maximum Gasteiger partial charge on any atom is 0.265 e. The van der Waals surface area contributed by atoms with Crippen LogP contribution in [0.4, 0.5) is 0 Å². The number of hydrogen-bond acceptors (Lipinski definition) is 4. The summed E-state index contributed by atoms with van der Waals surface area (Å²) < 4.78 is 0.526. The van der Waals surface area contributed by atoms with Crippen molar-refractivity contribution in [3.8, 4) is 0 Å². The van der Waals surface area contributed by atoms with Crippen LogP contribution in [0, 0.1) is 6.92 Å². The molecule has 0 unspecified atom stereocenters. The first-order chi connectivity index (χ1) is 8.10. The zero-order chi connectivity index (χ0) is 12.4. The summed E-state index contributed by atoms with van der Waals surface area (Å²) in [7, 11) is 0. The third-order valence-electron chi connectivity index (χ3n) is 2.33. The lowest BCUT2D eigenvalue weighted by molar-refractivity contribution is 0.865. The van der Waals surface area contributed by atoms with E-state index in [1.807, 2.05) is 19.2 Å². The van der Waals surface area contributed by atoms with E-state index in [1.54, 1.807) is 11.3 Å². The number of aromatic nitrogens is 3. The Morgan fingerprint density at radius 1 is 1.47 bits per heavy atom. The number of halogens is 1. The van der Waals surface area contributed by atoms with Crippen LogP contribution in [0.2, 0.25) is 0 Å². The fourth-order valence-electron chi connectivity index (χ4n) is 1.54. The monoisotopic (exact) mass is 313 g/mol. The van der Waals surface area contributed by atoms with E-state index in [4.69, 9.17) is 0 Å². The van der Waals surface area contributed by atoms with E-state index < -0.39 is 0 Å². The van der Waals surface area contributed by atoms with Crippen molar-refractivity contribution in [3.63, 3.8) is 0 Å². The van der Waals surface area contributed by atoms with E-state index in [-0.39, 0.29) is 5.56 Å². The molecule has 6 heteroatoms. The minimum absolute atomic E-state index is 0.126. The summed E-state index contributed by atoms with van der Waals surface area (Å²) in [6, 6.07) is 0. The molecule has 0 radical (unpaired) electrons. The van der Waals surface area contributed by atoms with Crippen LogP contribution in [0.25, 0.3) is 0 Å². The molecule has 0 aliphatic heterocycles. The Balaban J connectivity index is 2.33. The van der Waals surface area contributed by atoms with Gasteiger partial charge in [0.1, 0.15) is 10.3 Å². The number of nitrogens with one attached hydrogen (secondary N) is 1. The minimum atomic E-state index is -0.126. The SMILES string of the molecule is CCc1nc(Cc2csc(C)n2)[nH]c(=O)c1Br. The summed E-state index contributed by atoms with van der Waals surface area (Å²) in [4.78, 5) is 23.2. The van der Waals surface area contributed by atoms with E-state index in [9.17, 15) is 4.79 Å². The maximum atomic E-state index is 11.7. The van der Waals surface area contributed by atoms with Gasteiger partial charge < -0.3 is 4.98 Å². The van der Waals surface area contributed by atoms with Gasteiger partial charge in [-0.05, 0) is 29.3 Å². The molecule has 1 N–H and O–H groups in total. The Hall–Kier alpha value is -1.01. The standard InChI is InChI=1S/C11H12BrN3OS/c1-3-8-10(12)11(16)15-9(14-8)4-7-5-17-6(2)13-7/h5H,3-4H2,1-2H3,(H,14,15,16). The average molecular weight is 314 g/mol. The van der Waals surface area contributed by atoms with Crippen molar-refractivity contribution in [1.82, 2.24) is 15.0 Å². The normalized spacial score (nSPS) is 10.8. The van der Waals surface area contributed by atoms with Crippen LogP contribution in [-0.4, -0.2) is 15.0 Å². The molecule has 0 aliphatic carbocycles. The van der Waals surface area contributed by atoms with Gasteiger partial charge in [0.05, 0.1) is 16.4 Å². The number of H-pyrrole nitrogens is 1. The zero-order valence-corrected chi connectivity index (χ0v) is 12.0. The number of aromatic amines is 1. The molecule has 0 bridgehead atoms. The number of rotatable bonds is 3. The molecule has 0 aromatic carbocycles. The van der Waals surface area contributed by atoms with Crippen molar-refractivity contribution < 1.29 is 0 Å². The van der Waals surface area contributed by atoms with Gasteiger partial charge >= 0.3 is 0 Å². The second-order valence-electron chi connectivity index (χ2n) is 3.66. The zero-order valence-electron chi connectivity index (χ0n) is 9.58. The maximum absolute atomic E-state index is 11.7. The Morgan fingerprint density at radius 3 is 2.82 bits per heavy atom. The molecule has 0 saturated carbocycles. The van der Waals surface area contributed by atoms with Crippen molar-refractivity contribution >= 4 is 27.3 Å². The van der Waals surface area contributed by atoms with E-state index in [1.165, 1.54) is 0 Å². The van der Waals surface area contributed by atoms with Gasteiger partial charge in [-0.15, -0.1) is 11.3 Å². The highest BCUT2D eigenvalue weighted by Crippen LogP contribution is 2.13. The van der Waals surface area contributed by atoms with Crippen LogP contribution in [0.5, 0.6) is 0 Å². The van der Waals surface area contributed by atoms with Gasteiger partial charge in [0.25, 0.3) is 5.56 Å². The quantitative estimate of drug-likeness (QED) is 0.947. The minimum Gasteiger partial charge on any atom is -0.309 e. The van der Waals surface area contributed by atoms with Crippen LogP contribution in [0.1, 0.15) is 29.1 Å². The van der Waals surface area contributed by atoms with Crippen LogP contribution in [0.15, 0.2) is 14.6 Å². The Kier molecular flexibility index (Phi) is 3.73. The predicted molar refractivity (Wildman–Crippen MR) is 71.6 cm³/mol. The summed E-state index contributed by atoms with van der Waals surface area (Å²) in [5.74, 6) is 0.667. The third-order valence-corrected chi connectivity index (χ3v) is 3.97. The van der Waals surface area contributed by atoms with Gasteiger partial charge in [-0.2, -0.15) is 0 Å². The van der Waals surface area contributed by atoms with Crippen molar-refractivity contribution in [2.24, 2.45) is 0 Å².